The van der Waals surface area contributed by atoms with Gasteiger partial charge in [0.1, 0.15) is 11.8 Å². The second kappa shape index (κ2) is 7.47. The van der Waals surface area contributed by atoms with E-state index in [1.807, 2.05) is 0 Å². The number of nitrogens with zero attached hydrogens (tertiary/aromatic N) is 1. The molecule has 0 spiro atoms. The van der Waals surface area contributed by atoms with Crippen molar-refractivity contribution in [3.05, 3.63) is 29.8 Å². The molecular formula is C16H21ClFNO5S. The highest BCUT2D eigenvalue weighted by atomic mass is 35.7. The largest absolute Gasteiger partial charge is 0.444 e. The Morgan fingerprint density at radius 1 is 1.36 bits per heavy atom. The number of ether oxygens (including phenoxy) is 2. The second-order valence-electron chi connectivity index (χ2n) is 6.70. The van der Waals surface area contributed by atoms with Crippen molar-refractivity contribution in [2.24, 2.45) is 0 Å². The van der Waals surface area contributed by atoms with Crippen molar-refractivity contribution in [1.29, 1.82) is 0 Å². The van der Waals surface area contributed by atoms with Gasteiger partial charge in [-0.2, -0.15) is 0 Å². The van der Waals surface area contributed by atoms with Crippen LogP contribution in [0.15, 0.2) is 29.2 Å². The highest BCUT2D eigenvalue weighted by molar-refractivity contribution is 8.13. The van der Waals surface area contributed by atoms with Gasteiger partial charge in [0, 0.05) is 22.8 Å². The Balaban J connectivity index is 2.15. The first kappa shape index (κ1) is 19.9. The van der Waals surface area contributed by atoms with E-state index in [-0.39, 0.29) is 10.5 Å². The summed E-state index contributed by atoms with van der Waals surface area (Å²) in [6.07, 6.45) is -2.42. The van der Waals surface area contributed by atoms with Crippen molar-refractivity contribution in [3.8, 4) is 0 Å². The summed E-state index contributed by atoms with van der Waals surface area (Å²) in [6.45, 7) is 5.57. The number of hydrogen-bond acceptors (Lipinski definition) is 5. The van der Waals surface area contributed by atoms with E-state index in [0.717, 1.165) is 0 Å². The van der Waals surface area contributed by atoms with Crippen molar-refractivity contribution >= 4 is 25.8 Å². The molecule has 1 aromatic rings. The molecule has 0 N–H and O–H groups in total. The van der Waals surface area contributed by atoms with Gasteiger partial charge >= 0.3 is 6.09 Å². The maximum absolute atomic E-state index is 14.6. The van der Waals surface area contributed by atoms with Gasteiger partial charge in [0.25, 0.3) is 9.05 Å². The predicted molar refractivity (Wildman–Crippen MR) is 90.4 cm³/mol. The summed E-state index contributed by atoms with van der Waals surface area (Å²) in [6, 6.07) is 5.41. The van der Waals surface area contributed by atoms with Gasteiger partial charge in [-0.1, -0.05) is 18.2 Å². The van der Waals surface area contributed by atoms with Crippen molar-refractivity contribution in [1.82, 2.24) is 4.90 Å². The molecule has 2 rings (SSSR count). The molecule has 0 saturated carbocycles. The third kappa shape index (κ3) is 5.29. The molecule has 1 amide bonds. The SMILES string of the molecule is CC(C)(C)OC(=O)N1CCC[C@@H]1OC(F)c1ccccc1S(=O)(=O)Cl. The number of halogens is 2. The van der Waals surface area contributed by atoms with Gasteiger partial charge in [0.05, 0.1) is 4.90 Å². The monoisotopic (exact) mass is 393 g/mol. The summed E-state index contributed by atoms with van der Waals surface area (Å²) in [5, 5.41) is 0. The summed E-state index contributed by atoms with van der Waals surface area (Å²) in [7, 11) is 1.22. The first-order valence-electron chi connectivity index (χ1n) is 7.82. The van der Waals surface area contributed by atoms with E-state index in [4.69, 9.17) is 20.2 Å². The molecule has 1 fully saturated rings. The lowest BCUT2D eigenvalue weighted by molar-refractivity contribution is -0.134. The molecule has 6 nitrogen and oxygen atoms in total. The fourth-order valence-electron chi connectivity index (χ4n) is 2.51. The number of amides is 1. The molecule has 1 unspecified atom stereocenters. The van der Waals surface area contributed by atoms with Crippen molar-refractivity contribution in [3.63, 3.8) is 0 Å². The second-order valence-corrected chi connectivity index (χ2v) is 9.23. The number of carbonyl (C=O) groups excluding carboxylic acids is 1. The Labute approximate surface area is 151 Å². The van der Waals surface area contributed by atoms with Crippen LogP contribution < -0.4 is 0 Å². The summed E-state index contributed by atoms with van der Waals surface area (Å²) in [5.41, 5.74) is -0.882. The molecule has 2 atom stereocenters. The van der Waals surface area contributed by atoms with Crippen LogP contribution in [0.25, 0.3) is 0 Å². The minimum atomic E-state index is -4.12. The van der Waals surface area contributed by atoms with Gasteiger partial charge in [-0.15, -0.1) is 0 Å². The lowest BCUT2D eigenvalue weighted by atomic mass is 10.2. The van der Waals surface area contributed by atoms with E-state index in [2.05, 4.69) is 0 Å². The van der Waals surface area contributed by atoms with Crippen LogP contribution in [0.4, 0.5) is 9.18 Å². The summed E-state index contributed by atoms with van der Waals surface area (Å²) in [4.78, 5) is 13.1. The molecule has 140 valence electrons. The fraction of sp³-hybridized carbons (Fsp3) is 0.562. The van der Waals surface area contributed by atoms with E-state index in [9.17, 15) is 17.6 Å². The van der Waals surface area contributed by atoms with Crippen LogP contribution in [0.3, 0.4) is 0 Å². The Kier molecular flexibility index (Phi) is 5.96. The molecule has 0 aromatic heterocycles. The third-order valence-electron chi connectivity index (χ3n) is 3.53. The Hall–Kier alpha value is -1.38. The maximum atomic E-state index is 14.6. The van der Waals surface area contributed by atoms with Crippen molar-refractivity contribution in [2.75, 3.05) is 6.54 Å². The number of likely N-dealkylation sites (tertiary alicyclic amines) is 1. The molecule has 0 aliphatic carbocycles. The molecule has 1 aliphatic rings. The standard InChI is InChI=1S/C16H21ClFNO5S/c1-16(2,3)24-15(20)19-10-6-9-13(19)23-14(18)11-7-4-5-8-12(11)25(17,21)22/h4-5,7-8,13-14H,6,9-10H2,1-3H3/t13-,14?/m0/s1. The number of carbonyl (C=O) groups is 1. The minimum absolute atomic E-state index is 0.200. The van der Waals surface area contributed by atoms with Crippen LogP contribution in [0.2, 0.25) is 0 Å². The van der Waals surface area contributed by atoms with Gasteiger partial charge < -0.3 is 9.47 Å². The summed E-state index contributed by atoms with van der Waals surface area (Å²) in [5.74, 6) is 0. The van der Waals surface area contributed by atoms with Crippen molar-refractivity contribution < 1.29 is 27.1 Å². The fourth-order valence-corrected chi connectivity index (χ4v) is 3.61. The zero-order valence-electron chi connectivity index (χ0n) is 14.2. The zero-order valence-corrected chi connectivity index (χ0v) is 15.8. The zero-order chi connectivity index (χ0) is 18.8. The average Bonchev–Trinajstić information content (AvgIpc) is 2.93. The lowest BCUT2D eigenvalue weighted by Crippen LogP contribution is -2.41. The Morgan fingerprint density at radius 2 is 2.00 bits per heavy atom. The minimum Gasteiger partial charge on any atom is -0.444 e. The quantitative estimate of drug-likeness (QED) is 0.724. The van der Waals surface area contributed by atoms with E-state index < -0.39 is 33.3 Å². The molecule has 0 bridgehead atoms. The van der Waals surface area contributed by atoms with E-state index in [1.165, 1.54) is 29.2 Å². The molecule has 0 radical (unpaired) electrons. The van der Waals surface area contributed by atoms with Gasteiger partial charge in [-0.25, -0.2) is 17.6 Å². The number of rotatable bonds is 4. The molecule has 1 saturated heterocycles. The predicted octanol–water partition coefficient (Wildman–Crippen LogP) is 3.96. The van der Waals surface area contributed by atoms with Gasteiger partial charge in [0.2, 0.25) is 6.36 Å². The van der Waals surface area contributed by atoms with E-state index in [1.54, 1.807) is 20.8 Å². The highest BCUT2D eigenvalue weighted by Crippen LogP contribution is 2.32. The molecule has 9 heteroatoms. The number of hydrogen-bond donors (Lipinski definition) is 0. The average molecular weight is 394 g/mol. The van der Waals surface area contributed by atoms with E-state index >= 15 is 0 Å². The van der Waals surface area contributed by atoms with Crippen molar-refractivity contribution in [2.45, 2.75) is 56.7 Å². The smallest absolute Gasteiger partial charge is 0.412 e. The first-order chi connectivity index (χ1) is 11.5. The molecular weight excluding hydrogens is 373 g/mol. The van der Waals surface area contributed by atoms with Crippen LogP contribution in [-0.4, -0.2) is 37.8 Å². The van der Waals surface area contributed by atoms with E-state index in [0.29, 0.717) is 19.4 Å². The summed E-state index contributed by atoms with van der Waals surface area (Å²) >= 11 is 0. The third-order valence-corrected chi connectivity index (χ3v) is 4.92. The normalized spacial score (nSPS) is 19.7. The van der Waals surface area contributed by atoms with Crippen LogP contribution in [0.5, 0.6) is 0 Å². The maximum Gasteiger partial charge on any atom is 0.412 e. The van der Waals surface area contributed by atoms with Crippen LogP contribution in [-0.2, 0) is 18.5 Å². The first-order valence-corrected chi connectivity index (χ1v) is 10.1. The Morgan fingerprint density at radius 3 is 2.60 bits per heavy atom. The lowest BCUT2D eigenvalue weighted by Gasteiger charge is -2.29. The van der Waals surface area contributed by atoms with Crippen LogP contribution in [0.1, 0.15) is 45.5 Å². The van der Waals surface area contributed by atoms with Gasteiger partial charge in [-0.05, 0) is 39.7 Å². The van der Waals surface area contributed by atoms with Crippen LogP contribution in [0, 0.1) is 0 Å². The van der Waals surface area contributed by atoms with Gasteiger partial charge in [0.15, 0.2) is 0 Å². The highest BCUT2D eigenvalue weighted by Gasteiger charge is 2.35. The number of benzene rings is 1. The van der Waals surface area contributed by atoms with Crippen LogP contribution >= 0.6 is 10.7 Å². The number of alkyl halides is 1. The molecule has 1 aliphatic heterocycles. The summed E-state index contributed by atoms with van der Waals surface area (Å²) < 4.78 is 48.4. The molecule has 25 heavy (non-hydrogen) atoms. The molecule has 1 heterocycles. The topological polar surface area (TPSA) is 72.9 Å². The Bertz CT molecular complexity index is 734. The van der Waals surface area contributed by atoms with Gasteiger partial charge in [-0.3, -0.25) is 4.90 Å². The molecule has 1 aromatic carbocycles.